The molecule has 0 atom stereocenters. The van der Waals surface area contributed by atoms with Gasteiger partial charge in [0.25, 0.3) is 0 Å². The van der Waals surface area contributed by atoms with Crippen LogP contribution in [-0.2, 0) is 4.89 Å². The summed E-state index contributed by atoms with van der Waals surface area (Å²) in [6.07, 6.45) is 0.505. The van der Waals surface area contributed by atoms with Crippen LogP contribution in [0.4, 0.5) is 0 Å². The van der Waals surface area contributed by atoms with Gasteiger partial charge in [0.15, 0.2) is 0 Å². The first-order chi connectivity index (χ1) is 5.22. The Balaban J connectivity index is 0. The lowest BCUT2D eigenvalue weighted by Gasteiger charge is -1.96. The lowest BCUT2D eigenvalue weighted by atomic mass is 10.4. The summed E-state index contributed by atoms with van der Waals surface area (Å²) in [5.74, 6) is 0. The van der Waals surface area contributed by atoms with Crippen molar-refractivity contribution in [2.24, 2.45) is 0 Å². The Bertz CT molecular complexity index is 71.4. The fraction of sp³-hybridized carbons (Fsp3) is 0.667. The van der Waals surface area contributed by atoms with E-state index in [4.69, 9.17) is 20.6 Å². The number of hydrogen-bond acceptors (Lipinski definition) is 5. The largest absolute Gasteiger partial charge is 0.394 e. The molecule has 5 heteroatoms. The molecular weight excluding hydrogens is 152 g/mol. The van der Waals surface area contributed by atoms with Gasteiger partial charge in [0.1, 0.15) is 6.10 Å². The molecule has 4 N–H and O–H groups in total. The van der Waals surface area contributed by atoms with E-state index in [9.17, 15) is 0 Å². The second-order valence-electron chi connectivity index (χ2n) is 1.60. The maximum atomic E-state index is 8.17. The molecule has 0 saturated heterocycles. The van der Waals surface area contributed by atoms with Crippen molar-refractivity contribution in [1.29, 1.82) is 0 Å². The smallest absolute Gasteiger partial charge is 0.100 e. The van der Waals surface area contributed by atoms with Crippen molar-refractivity contribution in [2.45, 2.75) is 6.10 Å². The molecule has 0 aromatic heterocycles. The topological polar surface area (TPSA) is 90.2 Å². The van der Waals surface area contributed by atoms with Gasteiger partial charge >= 0.3 is 0 Å². The van der Waals surface area contributed by atoms with Gasteiger partial charge in [-0.1, -0.05) is 6.08 Å². The van der Waals surface area contributed by atoms with Gasteiger partial charge in [-0.05, 0) is 0 Å². The third-order valence-electron chi connectivity index (χ3n) is 0.614. The molecule has 0 aliphatic rings. The average molecular weight is 166 g/mol. The van der Waals surface area contributed by atoms with Crippen molar-refractivity contribution in [2.75, 3.05) is 19.8 Å². The minimum atomic E-state index is -0.954. The fourth-order valence-corrected chi connectivity index (χ4v) is 0.110. The van der Waals surface area contributed by atoms with E-state index in [1.54, 1.807) is 0 Å². The summed E-state index contributed by atoms with van der Waals surface area (Å²) in [6, 6.07) is 0. The molecule has 0 saturated carbocycles. The number of rotatable bonds is 4. The van der Waals surface area contributed by atoms with Gasteiger partial charge in [0, 0.05) is 0 Å². The van der Waals surface area contributed by atoms with Crippen LogP contribution < -0.4 is 0 Å². The van der Waals surface area contributed by atoms with E-state index in [2.05, 4.69) is 11.5 Å². The number of hydrogen-bond donors (Lipinski definition) is 4. The first kappa shape index (κ1) is 13.2. The zero-order valence-corrected chi connectivity index (χ0v) is 6.18. The van der Waals surface area contributed by atoms with E-state index >= 15 is 0 Å². The molecule has 0 rings (SSSR count). The van der Waals surface area contributed by atoms with Crippen LogP contribution >= 0.6 is 0 Å². The van der Waals surface area contributed by atoms with Crippen LogP contribution in [0.1, 0.15) is 0 Å². The van der Waals surface area contributed by atoms with Crippen molar-refractivity contribution < 1.29 is 25.5 Å². The van der Waals surface area contributed by atoms with E-state index in [1.807, 2.05) is 0 Å². The molecule has 0 fully saturated rings. The molecule has 0 unspecified atom stereocenters. The first-order valence-corrected chi connectivity index (χ1v) is 2.99. The number of aliphatic hydroxyl groups excluding tert-OH is 3. The monoisotopic (exact) mass is 166 g/mol. The predicted molar refractivity (Wildman–Crippen MR) is 39.0 cm³/mol. The molecule has 0 aromatic rings. The van der Waals surface area contributed by atoms with Crippen LogP contribution in [0.5, 0.6) is 0 Å². The molecule has 68 valence electrons. The summed E-state index contributed by atoms with van der Waals surface area (Å²) < 4.78 is 0. The van der Waals surface area contributed by atoms with Crippen molar-refractivity contribution >= 4 is 0 Å². The minimum Gasteiger partial charge on any atom is -0.394 e. The molecule has 0 heterocycles. The summed E-state index contributed by atoms with van der Waals surface area (Å²) in [7, 11) is 0. The molecule has 0 amide bonds. The van der Waals surface area contributed by atoms with Gasteiger partial charge in [-0.15, -0.1) is 6.58 Å². The Labute approximate surface area is 65.1 Å². The van der Waals surface area contributed by atoms with Crippen molar-refractivity contribution in [3.05, 3.63) is 12.7 Å². The van der Waals surface area contributed by atoms with E-state index in [1.165, 1.54) is 6.08 Å². The quantitative estimate of drug-likeness (QED) is 0.244. The molecule has 0 bridgehead atoms. The van der Waals surface area contributed by atoms with Gasteiger partial charge in [-0.25, -0.2) is 4.89 Å². The molecule has 0 aromatic carbocycles. The zero-order chi connectivity index (χ0) is 9.11. The summed E-state index contributed by atoms with van der Waals surface area (Å²) in [6.45, 7) is 2.74. The average Bonchev–Trinajstić information content (AvgIpc) is 2.06. The summed E-state index contributed by atoms with van der Waals surface area (Å²) in [5, 5.41) is 31.5. The first-order valence-electron chi connectivity index (χ1n) is 2.99. The standard InChI is InChI=1S/C3H8O3.C3H6O2/c4-1-3(6)2-5;1-2-3-5-4/h3-6H,1-2H2;2,4H,1,3H2. The second-order valence-corrected chi connectivity index (χ2v) is 1.60. The molecule has 0 aliphatic heterocycles. The van der Waals surface area contributed by atoms with Crippen LogP contribution in [-0.4, -0.2) is 46.5 Å². The number of aliphatic hydroxyl groups is 3. The highest BCUT2D eigenvalue weighted by molar-refractivity contribution is 4.61. The lowest BCUT2D eigenvalue weighted by Crippen LogP contribution is -2.15. The van der Waals surface area contributed by atoms with E-state index < -0.39 is 6.10 Å². The van der Waals surface area contributed by atoms with E-state index in [0.29, 0.717) is 0 Å². The molecule has 11 heavy (non-hydrogen) atoms. The maximum absolute atomic E-state index is 8.17. The van der Waals surface area contributed by atoms with E-state index in [-0.39, 0.29) is 19.8 Å². The van der Waals surface area contributed by atoms with Crippen molar-refractivity contribution in [3.8, 4) is 0 Å². The minimum absolute atomic E-state index is 0.208. The van der Waals surface area contributed by atoms with Gasteiger partial charge in [-0.3, -0.25) is 5.26 Å². The third-order valence-corrected chi connectivity index (χ3v) is 0.614. The van der Waals surface area contributed by atoms with Gasteiger partial charge in [0.05, 0.1) is 19.8 Å². The Hall–Kier alpha value is -0.460. The molecular formula is C6H14O5. The molecule has 5 nitrogen and oxygen atoms in total. The predicted octanol–water partition coefficient (Wildman–Crippen LogP) is -1.01. The molecule has 0 radical (unpaired) electrons. The fourth-order valence-electron chi connectivity index (χ4n) is 0.110. The van der Waals surface area contributed by atoms with Crippen LogP contribution in [0.25, 0.3) is 0 Å². The van der Waals surface area contributed by atoms with Crippen LogP contribution in [0, 0.1) is 0 Å². The Morgan fingerprint density at radius 3 is 1.82 bits per heavy atom. The Kier molecular flexibility index (Phi) is 14.6. The summed E-state index contributed by atoms with van der Waals surface area (Å²) >= 11 is 0. The van der Waals surface area contributed by atoms with Gasteiger partial charge in [0.2, 0.25) is 0 Å². The van der Waals surface area contributed by atoms with Crippen molar-refractivity contribution in [3.63, 3.8) is 0 Å². The maximum Gasteiger partial charge on any atom is 0.100 e. The lowest BCUT2D eigenvalue weighted by molar-refractivity contribution is -0.231. The highest BCUT2D eigenvalue weighted by Crippen LogP contribution is 1.71. The normalized spacial score (nSPS) is 8.82. The Morgan fingerprint density at radius 2 is 1.82 bits per heavy atom. The van der Waals surface area contributed by atoms with Crippen molar-refractivity contribution in [1.82, 2.24) is 0 Å². The van der Waals surface area contributed by atoms with Gasteiger partial charge < -0.3 is 15.3 Å². The second kappa shape index (κ2) is 12.2. The summed E-state index contributed by atoms with van der Waals surface area (Å²) in [5.41, 5.74) is 0. The van der Waals surface area contributed by atoms with Crippen LogP contribution in [0.15, 0.2) is 12.7 Å². The highest BCUT2D eigenvalue weighted by atomic mass is 17.1. The van der Waals surface area contributed by atoms with Gasteiger partial charge in [-0.2, -0.15) is 0 Å². The zero-order valence-electron chi connectivity index (χ0n) is 6.18. The van der Waals surface area contributed by atoms with Crippen LogP contribution in [0.2, 0.25) is 0 Å². The Morgan fingerprint density at radius 1 is 1.36 bits per heavy atom. The SMILES string of the molecule is C=CCOO.OCC(O)CO. The van der Waals surface area contributed by atoms with Crippen LogP contribution in [0.3, 0.4) is 0 Å². The third kappa shape index (κ3) is 17.7. The molecule has 0 aliphatic carbocycles. The molecule has 0 spiro atoms. The van der Waals surface area contributed by atoms with E-state index in [0.717, 1.165) is 0 Å². The summed E-state index contributed by atoms with van der Waals surface area (Å²) in [4.78, 5) is 3.57. The highest BCUT2D eigenvalue weighted by Gasteiger charge is 1.93.